The molecule has 0 spiro atoms. The SMILES string of the molecule is Cc1ccccc1/C=C1\SC(=N)N(c2ccccc2C(F)(F)F)C1=O. The van der Waals surface area contributed by atoms with Crippen LogP contribution in [0.25, 0.3) is 6.08 Å². The van der Waals surface area contributed by atoms with Gasteiger partial charge in [-0.05, 0) is 48.0 Å². The van der Waals surface area contributed by atoms with Crippen molar-refractivity contribution >= 4 is 34.6 Å². The van der Waals surface area contributed by atoms with Crippen LogP contribution in [0.5, 0.6) is 0 Å². The van der Waals surface area contributed by atoms with Crippen molar-refractivity contribution in [2.75, 3.05) is 4.90 Å². The maximum absolute atomic E-state index is 13.2. The van der Waals surface area contributed by atoms with Gasteiger partial charge in [0.15, 0.2) is 5.17 Å². The van der Waals surface area contributed by atoms with Crippen LogP contribution in [-0.4, -0.2) is 11.1 Å². The van der Waals surface area contributed by atoms with Gasteiger partial charge in [-0.2, -0.15) is 13.2 Å². The molecule has 0 atom stereocenters. The number of para-hydroxylation sites is 1. The van der Waals surface area contributed by atoms with Gasteiger partial charge in [0, 0.05) is 0 Å². The number of carbonyl (C=O) groups excluding carboxylic acids is 1. The molecule has 25 heavy (non-hydrogen) atoms. The molecular formula is C18H13F3N2OS. The molecule has 1 fully saturated rings. The van der Waals surface area contributed by atoms with Crippen LogP contribution in [0.1, 0.15) is 16.7 Å². The molecule has 2 aromatic carbocycles. The number of anilines is 1. The molecule has 0 aromatic heterocycles. The van der Waals surface area contributed by atoms with Crippen LogP contribution in [0, 0.1) is 12.3 Å². The second-order valence-electron chi connectivity index (χ2n) is 5.43. The number of thioether (sulfide) groups is 1. The Morgan fingerprint density at radius 3 is 2.40 bits per heavy atom. The fourth-order valence-electron chi connectivity index (χ4n) is 2.50. The van der Waals surface area contributed by atoms with Crippen molar-refractivity contribution in [2.24, 2.45) is 0 Å². The monoisotopic (exact) mass is 362 g/mol. The summed E-state index contributed by atoms with van der Waals surface area (Å²) in [5.74, 6) is -0.630. The van der Waals surface area contributed by atoms with Crippen molar-refractivity contribution in [3.8, 4) is 0 Å². The maximum Gasteiger partial charge on any atom is 0.418 e. The Morgan fingerprint density at radius 2 is 1.72 bits per heavy atom. The predicted octanol–water partition coefficient (Wildman–Crippen LogP) is 5.07. The standard InChI is InChI=1S/C18H13F3N2OS/c1-11-6-2-3-7-12(11)10-15-16(24)23(17(22)25-15)14-9-5-4-8-13(14)18(19,20)21/h2-10,22H,1H3/b15-10-,22-17?. The summed E-state index contributed by atoms with van der Waals surface area (Å²) < 4.78 is 39.7. The van der Waals surface area contributed by atoms with E-state index in [1.807, 2.05) is 31.2 Å². The predicted molar refractivity (Wildman–Crippen MR) is 93.4 cm³/mol. The highest BCUT2D eigenvalue weighted by molar-refractivity contribution is 8.19. The van der Waals surface area contributed by atoms with Gasteiger partial charge < -0.3 is 0 Å². The Labute approximate surface area is 146 Å². The number of nitrogens with zero attached hydrogens (tertiary/aromatic N) is 1. The zero-order valence-corrected chi connectivity index (χ0v) is 13.9. The number of rotatable bonds is 2. The molecular weight excluding hydrogens is 349 g/mol. The van der Waals surface area contributed by atoms with Crippen molar-refractivity contribution < 1.29 is 18.0 Å². The van der Waals surface area contributed by atoms with E-state index in [1.54, 1.807) is 6.08 Å². The van der Waals surface area contributed by atoms with Crippen LogP contribution in [-0.2, 0) is 11.0 Å². The number of hydrogen-bond acceptors (Lipinski definition) is 3. The quantitative estimate of drug-likeness (QED) is 0.758. The molecule has 2 aromatic rings. The molecule has 0 radical (unpaired) electrons. The second kappa shape index (κ2) is 6.40. The fraction of sp³-hybridized carbons (Fsp3) is 0.111. The molecule has 1 amide bonds. The summed E-state index contributed by atoms with van der Waals surface area (Å²) in [5.41, 5.74) is 0.456. The van der Waals surface area contributed by atoms with Gasteiger partial charge >= 0.3 is 6.18 Å². The van der Waals surface area contributed by atoms with E-state index in [9.17, 15) is 18.0 Å². The van der Waals surface area contributed by atoms with E-state index in [0.717, 1.165) is 33.9 Å². The lowest BCUT2D eigenvalue weighted by molar-refractivity contribution is -0.137. The van der Waals surface area contributed by atoms with Gasteiger partial charge in [0.05, 0.1) is 16.2 Å². The average Bonchev–Trinajstić information content (AvgIpc) is 2.83. The number of amidine groups is 1. The van der Waals surface area contributed by atoms with Gasteiger partial charge in [0.1, 0.15) is 0 Å². The molecule has 1 heterocycles. The Kier molecular flexibility index (Phi) is 4.43. The van der Waals surface area contributed by atoms with Gasteiger partial charge in [0.25, 0.3) is 5.91 Å². The van der Waals surface area contributed by atoms with Gasteiger partial charge in [-0.3, -0.25) is 15.1 Å². The summed E-state index contributed by atoms with van der Waals surface area (Å²) in [6, 6.07) is 12.1. The van der Waals surface area contributed by atoms with E-state index in [4.69, 9.17) is 5.41 Å². The van der Waals surface area contributed by atoms with Crippen molar-refractivity contribution in [1.29, 1.82) is 5.41 Å². The van der Waals surface area contributed by atoms with E-state index in [0.29, 0.717) is 0 Å². The highest BCUT2D eigenvalue weighted by Crippen LogP contribution is 2.41. The second-order valence-corrected chi connectivity index (χ2v) is 6.46. The first-order valence-corrected chi connectivity index (χ1v) is 8.15. The minimum absolute atomic E-state index is 0.219. The van der Waals surface area contributed by atoms with Crippen LogP contribution in [0.15, 0.2) is 53.4 Å². The molecule has 3 nitrogen and oxygen atoms in total. The first-order chi connectivity index (χ1) is 11.8. The van der Waals surface area contributed by atoms with Crippen LogP contribution in [0.4, 0.5) is 18.9 Å². The van der Waals surface area contributed by atoms with Crippen molar-refractivity contribution in [2.45, 2.75) is 13.1 Å². The Bertz CT molecular complexity index is 890. The van der Waals surface area contributed by atoms with E-state index in [1.165, 1.54) is 18.2 Å². The zero-order chi connectivity index (χ0) is 18.2. The van der Waals surface area contributed by atoms with Crippen LogP contribution in [0.3, 0.4) is 0 Å². The number of aryl methyl sites for hydroxylation is 1. The number of alkyl halides is 3. The molecule has 7 heteroatoms. The van der Waals surface area contributed by atoms with Gasteiger partial charge in [-0.15, -0.1) is 0 Å². The lowest BCUT2D eigenvalue weighted by Gasteiger charge is -2.19. The van der Waals surface area contributed by atoms with Gasteiger partial charge in [-0.25, -0.2) is 0 Å². The minimum atomic E-state index is -4.61. The van der Waals surface area contributed by atoms with Crippen molar-refractivity contribution in [3.05, 3.63) is 70.1 Å². The smallest absolute Gasteiger partial charge is 0.278 e. The third kappa shape index (κ3) is 3.32. The summed E-state index contributed by atoms with van der Waals surface area (Å²) in [6.45, 7) is 1.87. The Balaban J connectivity index is 2.03. The first-order valence-electron chi connectivity index (χ1n) is 7.33. The van der Waals surface area contributed by atoms with Crippen LogP contribution in [0.2, 0.25) is 0 Å². The Hall–Kier alpha value is -2.54. The van der Waals surface area contributed by atoms with Crippen molar-refractivity contribution in [1.82, 2.24) is 0 Å². The topological polar surface area (TPSA) is 44.2 Å². The summed E-state index contributed by atoms with van der Waals surface area (Å²) >= 11 is 0.853. The molecule has 0 unspecified atom stereocenters. The largest absolute Gasteiger partial charge is 0.418 e. The summed E-state index contributed by atoms with van der Waals surface area (Å²) in [6.07, 6.45) is -3.00. The normalized spacial score (nSPS) is 16.8. The number of hydrogen-bond donors (Lipinski definition) is 1. The molecule has 1 saturated heterocycles. The molecule has 0 saturated carbocycles. The molecule has 1 N–H and O–H groups in total. The maximum atomic E-state index is 13.2. The van der Waals surface area contributed by atoms with Crippen LogP contribution >= 0.6 is 11.8 Å². The number of benzene rings is 2. The number of amides is 1. The molecule has 0 bridgehead atoms. The third-order valence-electron chi connectivity index (χ3n) is 3.75. The van der Waals surface area contributed by atoms with E-state index in [2.05, 4.69) is 0 Å². The lowest BCUT2D eigenvalue weighted by atomic mass is 10.1. The summed E-state index contributed by atoms with van der Waals surface area (Å²) in [5, 5.41) is 7.74. The van der Waals surface area contributed by atoms with Gasteiger partial charge in [0.2, 0.25) is 0 Å². The number of nitrogens with one attached hydrogen (secondary N) is 1. The summed E-state index contributed by atoms with van der Waals surface area (Å²) in [7, 11) is 0. The Morgan fingerprint density at radius 1 is 1.08 bits per heavy atom. The fourth-order valence-corrected chi connectivity index (χ4v) is 3.35. The number of halogens is 3. The molecule has 0 aliphatic carbocycles. The molecule has 3 rings (SSSR count). The highest BCUT2D eigenvalue weighted by atomic mass is 32.2. The third-order valence-corrected chi connectivity index (χ3v) is 4.64. The number of carbonyl (C=O) groups is 1. The molecule has 1 aliphatic rings. The summed E-state index contributed by atoms with van der Waals surface area (Å²) in [4.78, 5) is 13.7. The molecule has 1 aliphatic heterocycles. The minimum Gasteiger partial charge on any atom is -0.278 e. The lowest BCUT2D eigenvalue weighted by Crippen LogP contribution is -2.30. The zero-order valence-electron chi connectivity index (χ0n) is 13.1. The van der Waals surface area contributed by atoms with Gasteiger partial charge in [-0.1, -0.05) is 36.4 Å². The van der Waals surface area contributed by atoms with E-state index in [-0.39, 0.29) is 15.8 Å². The highest BCUT2D eigenvalue weighted by Gasteiger charge is 2.40. The average molecular weight is 362 g/mol. The first kappa shape index (κ1) is 17.3. The van der Waals surface area contributed by atoms with Crippen molar-refractivity contribution in [3.63, 3.8) is 0 Å². The van der Waals surface area contributed by atoms with E-state index >= 15 is 0 Å². The van der Waals surface area contributed by atoms with E-state index < -0.39 is 17.6 Å². The molecule has 128 valence electrons. The van der Waals surface area contributed by atoms with Crippen LogP contribution < -0.4 is 4.90 Å².